The fraction of sp³-hybridized carbons (Fsp3) is 0. The Kier molecular flexibility index (Phi) is 3.97. The van der Waals surface area contributed by atoms with Crippen LogP contribution in [0.15, 0.2) is 45.3 Å². The van der Waals surface area contributed by atoms with E-state index in [0.29, 0.717) is 16.5 Å². The maximum absolute atomic E-state index is 5.95. The molecule has 0 unspecified atom stereocenters. The highest BCUT2D eigenvalue weighted by Crippen LogP contribution is 2.32. The summed E-state index contributed by atoms with van der Waals surface area (Å²) >= 11 is 13.0. The van der Waals surface area contributed by atoms with Crippen LogP contribution in [0.25, 0.3) is 17.1 Å². The summed E-state index contributed by atoms with van der Waals surface area (Å²) in [5.41, 5.74) is 7.92. The van der Waals surface area contributed by atoms with Crippen LogP contribution in [0.5, 0.6) is 0 Å². The van der Waals surface area contributed by atoms with E-state index in [-0.39, 0.29) is 0 Å². The van der Waals surface area contributed by atoms with E-state index in [9.17, 15) is 0 Å². The smallest absolute Gasteiger partial charge is 0.187 e. The van der Waals surface area contributed by atoms with Crippen LogP contribution in [0.4, 0.5) is 5.69 Å². The predicted octanol–water partition coefficient (Wildman–Crippen LogP) is 4.09. The third-order valence-electron chi connectivity index (χ3n) is 2.87. The Labute approximate surface area is 142 Å². The highest BCUT2D eigenvalue weighted by molar-refractivity contribution is 9.11. The number of para-hydroxylation sites is 1. The van der Waals surface area contributed by atoms with Crippen molar-refractivity contribution in [3.05, 3.63) is 50.4 Å². The second kappa shape index (κ2) is 5.75. The first-order valence-corrected chi connectivity index (χ1v) is 7.82. The largest absolute Gasteiger partial charge is 0.398 e. The van der Waals surface area contributed by atoms with Gasteiger partial charge < -0.3 is 5.73 Å². The Morgan fingerprint density at radius 1 is 1.10 bits per heavy atom. The molecule has 106 valence electrons. The second-order valence-electron chi connectivity index (χ2n) is 4.22. The number of nitrogen functional groups attached to an aromatic ring is 1. The Morgan fingerprint density at radius 2 is 1.81 bits per heavy atom. The minimum absolute atomic E-state index is 0.481. The maximum atomic E-state index is 5.95. The molecular weight excluding hydrogens is 421 g/mol. The molecule has 0 saturated carbocycles. The average molecular weight is 430 g/mol. The molecule has 0 aliphatic rings. The van der Waals surface area contributed by atoms with Crippen molar-refractivity contribution in [2.45, 2.75) is 0 Å². The lowest BCUT2D eigenvalue weighted by molar-refractivity contribution is 0.786. The number of anilines is 1. The van der Waals surface area contributed by atoms with E-state index >= 15 is 0 Å². The zero-order valence-corrected chi connectivity index (χ0v) is 14.4. The summed E-state index contributed by atoms with van der Waals surface area (Å²) in [6.07, 6.45) is 0. The highest BCUT2D eigenvalue weighted by Gasteiger charge is 2.16. The lowest BCUT2D eigenvalue weighted by Crippen LogP contribution is -2.02. The number of aromatic nitrogens is 4. The van der Waals surface area contributed by atoms with Gasteiger partial charge in [0.2, 0.25) is 0 Å². The van der Waals surface area contributed by atoms with Gasteiger partial charge in [-0.05, 0) is 72.6 Å². The van der Waals surface area contributed by atoms with Gasteiger partial charge >= 0.3 is 0 Å². The van der Waals surface area contributed by atoms with Gasteiger partial charge in [-0.3, -0.25) is 0 Å². The van der Waals surface area contributed by atoms with Crippen LogP contribution in [0.3, 0.4) is 0 Å². The first-order chi connectivity index (χ1) is 10.1. The van der Waals surface area contributed by atoms with Gasteiger partial charge in [0.05, 0.1) is 16.4 Å². The predicted molar refractivity (Wildman–Crippen MR) is 89.4 cm³/mol. The fourth-order valence-electron chi connectivity index (χ4n) is 1.89. The lowest BCUT2D eigenvalue weighted by Gasteiger charge is -2.09. The molecule has 0 fully saturated rings. The third-order valence-corrected chi connectivity index (χ3v) is 4.50. The van der Waals surface area contributed by atoms with Gasteiger partial charge in [-0.1, -0.05) is 17.7 Å². The summed E-state index contributed by atoms with van der Waals surface area (Å²) in [6.45, 7) is 0. The third kappa shape index (κ3) is 2.68. The summed E-state index contributed by atoms with van der Waals surface area (Å²) in [5.74, 6) is 0.575. The van der Waals surface area contributed by atoms with Crippen molar-refractivity contribution in [1.29, 1.82) is 0 Å². The van der Waals surface area contributed by atoms with Crippen molar-refractivity contribution in [1.82, 2.24) is 20.2 Å². The first kappa shape index (κ1) is 14.5. The standard InChI is InChI=1S/C13H8Br2ClN5/c14-8-2-1-3-9(15)12(8)21-13(18-19-20-21)7-4-5-10(16)11(17)6-7/h1-6H,17H2. The van der Waals surface area contributed by atoms with Crippen molar-refractivity contribution < 1.29 is 0 Å². The summed E-state index contributed by atoms with van der Waals surface area (Å²) < 4.78 is 3.37. The minimum Gasteiger partial charge on any atom is -0.398 e. The molecule has 8 heteroatoms. The zero-order chi connectivity index (χ0) is 15.0. The number of halogens is 3. The highest BCUT2D eigenvalue weighted by atomic mass is 79.9. The molecule has 0 aliphatic carbocycles. The fourth-order valence-corrected chi connectivity index (χ4v) is 3.34. The molecular formula is C13H8Br2ClN5. The van der Waals surface area contributed by atoms with Gasteiger partial charge in [0.1, 0.15) is 0 Å². The number of benzene rings is 2. The summed E-state index contributed by atoms with van der Waals surface area (Å²) in [4.78, 5) is 0. The molecule has 0 bridgehead atoms. The Balaban J connectivity index is 2.20. The number of nitrogens with two attached hydrogens (primary N) is 1. The summed E-state index contributed by atoms with van der Waals surface area (Å²) in [7, 11) is 0. The number of hydrogen-bond acceptors (Lipinski definition) is 4. The molecule has 0 spiro atoms. The van der Waals surface area contributed by atoms with Gasteiger partial charge in [-0.2, -0.15) is 4.68 Å². The molecule has 2 N–H and O–H groups in total. The van der Waals surface area contributed by atoms with E-state index in [1.807, 2.05) is 24.3 Å². The second-order valence-corrected chi connectivity index (χ2v) is 6.34. The Bertz CT molecular complexity index is 798. The van der Waals surface area contributed by atoms with E-state index < -0.39 is 0 Å². The number of hydrogen-bond donors (Lipinski definition) is 1. The first-order valence-electron chi connectivity index (χ1n) is 5.86. The van der Waals surface area contributed by atoms with Crippen LogP contribution in [0, 0.1) is 0 Å². The van der Waals surface area contributed by atoms with E-state index in [4.69, 9.17) is 17.3 Å². The van der Waals surface area contributed by atoms with E-state index in [1.165, 1.54) is 0 Å². The van der Waals surface area contributed by atoms with Crippen LogP contribution in [-0.2, 0) is 0 Å². The Morgan fingerprint density at radius 3 is 2.48 bits per heavy atom. The van der Waals surface area contributed by atoms with Crippen molar-refractivity contribution >= 4 is 49.1 Å². The van der Waals surface area contributed by atoms with Crippen LogP contribution in [-0.4, -0.2) is 20.2 Å². The Hall–Kier alpha value is -1.44. The molecule has 3 aromatic rings. The van der Waals surface area contributed by atoms with Gasteiger partial charge in [0.25, 0.3) is 0 Å². The van der Waals surface area contributed by atoms with Crippen molar-refractivity contribution in [3.8, 4) is 17.1 Å². The molecule has 21 heavy (non-hydrogen) atoms. The van der Waals surface area contributed by atoms with Gasteiger partial charge in [-0.15, -0.1) is 5.10 Å². The minimum atomic E-state index is 0.481. The van der Waals surface area contributed by atoms with E-state index in [0.717, 1.165) is 20.2 Å². The molecule has 0 amide bonds. The monoisotopic (exact) mass is 427 g/mol. The molecule has 1 heterocycles. The van der Waals surface area contributed by atoms with Gasteiger partial charge in [0.15, 0.2) is 5.82 Å². The molecule has 1 aromatic heterocycles. The maximum Gasteiger partial charge on any atom is 0.187 e. The van der Waals surface area contributed by atoms with Gasteiger partial charge in [-0.25, -0.2) is 0 Å². The molecule has 5 nitrogen and oxygen atoms in total. The van der Waals surface area contributed by atoms with E-state index in [2.05, 4.69) is 47.4 Å². The normalized spacial score (nSPS) is 10.8. The molecule has 0 radical (unpaired) electrons. The summed E-state index contributed by atoms with van der Waals surface area (Å²) in [6, 6.07) is 11.0. The molecule has 2 aromatic carbocycles. The zero-order valence-electron chi connectivity index (χ0n) is 10.5. The van der Waals surface area contributed by atoms with Crippen molar-refractivity contribution in [2.75, 3.05) is 5.73 Å². The number of tetrazole rings is 1. The molecule has 0 saturated heterocycles. The van der Waals surface area contributed by atoms with Crippen molar-refractivity contribution in [2.24, 2.45) is 0 Å². The van der Waals surface area contributed by atoms with Crippen LogP contribution in [0.2, 0.25) is 5.02 Å². The molecule has 0 aliphatic heterocycles. The van der Waals surface area contributed by atoms with Crippen LogP contribution in [0.1, 0.15) is 0 Å². The van der Waals surface area contributed by atoms with Crippen LogP contribution < -0.4 is 5.73 Å². The lowest BCUT2D eigenvalue weighted by atomic mass is 10.2. The quantitative estimate of drug-likeness (QED) is 0.623. The van der Waals surface area contributed by atoms with Crippen molar-refractivity contribution in [3.63, 3.8) is 0 Å². The number of rotatable bonds is 2. The molecule has 3 rings (SSSR count). The summed E-state index contributed by atoms with van der Waals surface area (Å²) in [5, 5.41) is 12.4. The average Bonchev–Trinajstić information content (AvgIpc) is 2.91. The topological polar surface area (TPSA) is 69.6 Å². The molecule has 0 atom stereocenters. The number of nitrogens with zero attached hydrogens (tertiary/aromatic N) is 4. The van der Waals surface area contributed by atoms with Gasteiger partial charge in [0, 0.05) is 14.5 Å². The van der Waals surface area contributed by atoms with Crippen LogP contribution >= 0.6 is 43.5 Å². The SMILES string of the molecule is Nc1cc(-c2nnnn2-c2c(Br)cccc2Br)ccc1Cl. The van der Waals surface area contributed by atoms with E-state index in [1.54, 1.807) is 16.8 Å².